The predicted octanol–water partition coefficient (Wildman–Crippen LogP) is 3.82. The summed E-state index contributed by atoms with van der Waals surface area (Å²) in [4.78, 5) is 26.3. The van der Waals surface area contributed by atoms with Crippen LogP contribution < -0.4 is 4.90 Å². The number of alkyl halides is 1. The van der Waals surface area contributed by atoms with Crippen molar-refractivity contribution in [3.8, 4) is 0 Å². The molecular formula is C17H22ClNO2. The Bertz CT molecular complexity index is 550. The highest BCUT2D eigenvalue weighted by molar-refractivity contribution is 6.33. The lowest BCUT2D eigenvalue weighted by molar-refractivity contribution is -0.122. The Hall–Kier alpha value is -1.35. The first kappa shape index (κ1) is 16.0. The van der Waals surface area contributed by atoms with E-state index < -0.39 is 5.38 Å². The molecule has 21 heavy (non-hydrogen) atoms. The zero-order chi connectivity index (χ0) is 15.6. The van der Waals surface area contributed by atoms with Gasteiger partial charge >= 0.3 is 0 Å². The molecule has 0 fully saturated rings. The summed E-state index contributed by atoms with van der Waals surface area (Å²) in [6.07, 6.45) is 2.53. The third-order valence-corrected chi connectivity index (χ3v) is 4.42. The number of carbonyl (C=O) groups excluding carboxylic acids is 2. The first-order chi connectivity index (χ1) is 9.99. The summed E-state index contributed by atoms with van der Waals surface area (Å²) in [6.45, 7) is 6.48. The van der Waals surface area contributed by atoms with E-state index in [1.165, 1.54) is 0 Å². The van der Waals surface area contributed by atoms with Crippen molar-refractivity contribution >= 4 is 29.0 Å². The number of halogens is 1. The Balaban J connectivity index is 2.26. The molecule has 0 N–H and O–H groups in total. The average molecular weight is 308 g/mol. The van der Waals surface area contributed by atoms with Crippen molar-refractivity contribution in [3.05, 3.63) is 29.3 Å². The number of ketones is 1. The van der Waals surface area contributed by atoms with Gasteiger partial charge in [0.25, 0.3) is 0 Å². The molecule has 1 atom stereocenters. The van der Waals surface area contributed by atoms with E-state index in [0.717, 1.165) is 30.5 Å². The fourth-order valence-electron chi connectivity index (χ4n) is 2.87. The average Bonchev–Trinajstić information content (AvgIpc) is 2.90. The van der Waals surface area contributed by atoms with Crippen molar-refractivity contribution < 1.29 is 9.59 Å². The van der Waals surface area contributed by atoms with Crippen molar-refractivity contribution in [3.63, 3.8) is 0 Å². The molecule has 1 aromatic carbocycles. The van der Waals surface area contributed by atoms with Gasteiger partial charge in [-0.05, 0) is 49.9 Å². The van der Waals surface area contributed by atoms with Crippen molar-refractivity contribution in [1.82, 2.24) is 0 Å². The molecule has 1 unspecified atom stereocenters. The molecule has 0 aliphatic carbocycles. The number of nitrogens with zero attached hydrogens (tertiary/aromatic N) is 1. The van der Waals surface area contributed by atoms with Crippen LogP contribution in [0.5, 0.6) is 0 Å². The number of benzene rings is 1. The maximum absolute atomic E-state index is 12.5. The smallest absolute Gasteiger partial charge is 0.230 e. The number of fused-ring (bicyclic) bond motifs is 1. The molecule has 0 saturated heterocycles. The fourth-order valence-corrected chi connectivity index (χ4v) is 3.00. The van der Waals surface area contributed by atoms with E-state index in [-0.39, 0.29) is 17.6 Å². The van der Waals surface area contributed by atoms with Gasteiger partial charge in [-0.3, -0.25) is 9.59 Å². The first-order valence-corrected chi connectivity index (χ1v) is 8.05. The van der Waals surface area contributed by atoms with Crippen molar-refractivity contribution in [2.24, 2.45) is 5.92 Å². The molecule has 3 nitrogen and oxygen atoms in total. The Morgan fingerprint density at radius 2 is 1.95 bits per heavy atom. The summed E-state index contributed by atoms with van der Waals surface area (Å²) in [5.74, 6) is 0.216. The highest BCUT2D eigenvalue weighted by Crippen LogP contribution is 2.31. The van der Waals surface area contributed by atoms with Gasteiger partial charge in [0.1, 0.15) is 0 Å². The number of Topliss-reactive ketones (excluding diaryl/α,β-unsaturated/α-hetero) is 1. The molecule has 1 aliphatic rings. The van der Waals surface area contributed by atoms with Crippen molar-refractivity contribution in [2.45, 2.75) is 45.4 Å². The molecule has 4 heteroatoms. The Morgan fingerprint density at radius 3 is 2.52 bits per heavy atom. The topological polar surface area (TPSA) is 37.4 Å². The molecule has 0 bridgehead atoms. The minimum absolute atomic E-state index is 0.0655. The second kappa shape index (κ2) is 6.61. The molecule has 0 radical (unpaired) electrons. The molecule has 0 saturated carbocycles. The van der Waals surface area contributed by atoms with E-state index in [1.807, 2.05) is 30.9 Å². The highest BCUT2D eigenvalue weighted by Gasteiger charge is 2.29. The molecule has 0 aromatic heterocycles. The lowest BCUT2D eigenvalue weighted by atomic mass is 10.0. The number of hydrogen-bond acceptors (Lipinski definition) is 2. The van der Waals surface area contributed by atoms with Crippen LogP contribution in [0.15, 0.2) is 18.2 Å². The van der Waals surface area contributed by atoms with Crippen LogP contribution in [0, 0.1) is 5.92 Å². The fraction of sp³-hybridized carbons (Fsp3) is 0.529. The van der Waals surface area contributed by atoms with Gasteiger partial charge in [0.15, 0.2) is 5.78 Å². The second-order valence-corrected chi connectivity index (χ2v) is 6.23. The Morgan fingerprint density at radius 1 is 1.29 bits per heavy atom. The van der Waals surface area contributed by atoms with Crippen LogP contribution in [0.2, 0.25) is 0 Å². The van der Waals surface area contributed by atoms with E-state index in [4.69, 9.17) is 11.6 Å². The summed E-state index contributed by atoms with van der Waals surface area (Å²) < 4.78 is 0. The van der Waals surface area contributed by atoms with Gasteiger partial charge < -0.3 is 4.90 Å². The zero-order valence-corrected chi connectivity index (χ0v) is 13.6. The van der Waals surface area contributed by atoms with Gasteiger partial charge in [-0.15, -0.1) is 11.6 Å². The van der Waals surface area contributed by atoms with Crippen LogP contribution in [0.4, 0.5) is 5.69 Å². The van der Waals surface area contributed by atoms with E-state index in [0.29, 0.717) is 12.1 Å². The molecule has 0 spiro atoms. The van der Waals surface area contributed by atoms with Crippen molar-refractivity contribution in [1.29, 1.82) is 0 Å². The molecule has 1 aliphatic heterocycles. The minimum atomic E-state index is -0.522. The summed E-state index contributed by atoms with van der Waals surface area (Å²) in [6, 6.07) is 5.55. The van der Waals surface area contributed by atoms with E-state index >= 15 is 0 Å². The summed E-state index contributed by atoms with van der Waals surface area (Å²) in [7, 11) is 0. The Labute approximate surface area is 131 Å². The van der Waals surface area contributed by atoms with Crippen LogP contribution in [0.3, 0.4) is 0 Å². The number of hydrogen-bond donors (Lipinski definition) is 0. The van der Waals surface area contributed by atoms with Crippen LogP contribution >= 0.6 is 11.6 Å². The number of amides is 1. The summed E-state index contributed by atoms with van der Waals surface area (Å²) in [5, 5.41) is -0.522. The number of anilines is 1. The standard InChI is InChI=1S/C17H22ClNO2/c1-4-12(5-2)17(21)19-9-8-13-10-14(6-7-15(13)19)16(20)11(3)18/h6-7,10-12H,4-5,8-9H2,1-3H3. The monoisotopic (exact) mass is 307 g/mol. The molecule has 1 amide bonds. The summed E-state index contributed by atoms with van der Waals surface area (Å²) >= 11 is 5.86. The molecule has 114 valence electrons. The van der Waals surface area contributed by atoms with Crippen LogP contribution in [-0.2, 0) is 11.2 Å². The van der Waals surface area contributed by atoms with E-state index in [9.17, 15) is 9.59 Å². The quantitative estimate of drug-likeness (QED) is 0.612. The highest BCUT2D eigenvalue weighted by atomic mass is 35.5. The largest absolute Gasteiger partial charge is 0.312 e. The lowest BCUT2D eigenvalue weighted by Crippen LogP contribution is -2.34. The zero-order valence-electron chi connectivity index (χ0n) is 12.9. The SMILES string of the molecule is CCC(CC)C(=O)N1CCc2cc(C(=O)C(C)Cl)ccc21. The lowest BCUT2D eigenvalue weighted by Gasteiger charge is -2.22. The Kier molecular flexibility index (Phi) is 5.04. The van der Waals surface area contributed by atoms with Gasteiger partial charge in [0.2, 0.25) is 5.91 Å². The van der Waals surface area contributed by atoms with Gasteiger partial charge in [-0.2, -0.15) is 0 Å². The third-order valence-electron chi connectivity index (χ3n) is 4.22. The van der Waals surface area contributed by atoms with Crippen LogP contribution in [-0.4, -0.2) is 23.6 Å². The minimum Gasteiger partial charge on any atom is -0.312 e. The third kappa shape index (κ3) is 3.13. The van der Waals surface area contributed by atoms with Crippen LogP contribution in [0.25, 0.3) is 0 Å². The normalized spacial score (nSPS) is 15.2. The van der Waals surface area contributed by atoms with Gasteiger partial charge in [-0.25, -0.2) is 0 Å². The number of rotatable bonds is 5. The maximum atomic E-state index is 12.5. The van der Waals surface area contributed by atoms with Crippen molar-refractivity contribution in [2.75, 3.05) is 11.4 Å². The summed E-state index contributed by atoms with van der Waals surface area (Å²) in [5.41, 5.74) is 2.65. The first-order valence-electron chi connectivity index (χ1n) is 7.62. The van der Waals surface area contributed by atoms with Gasteiger partial charge in [0.05, 0.1) is 5.38 Å². The van der Waals surface area contributed by atoms with E-state index in [2.05, 4.69) is 0 Å². The maximum Gasteiger partial charge on any atom is 0.230 e. The predicted molar refractivity (Wildman–Crippen MR) is 86.2 cm³/mol. The molecular weight excluding hydrogens is 286 g/mol. The van der Waals surface area contributed by atoms with E-state index in [1.54, 1.807) is 13.0 Å². The molecule has 1 aromatic rings. The van der Waals surface area contributed by atoms with Crippen LogP contribution in [0.1, 0.15) is 49.5 Å². The molecule has 1 heterocycles. The van der Waals surface area contributed by atoms with Gasteiger partial charge in [0, 0.05) is 23.7 Å². The number of carbonyl (C=O) groups is 2. The second-order valence-electron chi connectivity index (χ2n) is 5.58. The van der Waals surface area contributed by atoms with Gasteiger partial charge in [-0.1, -0.05) is 13.8 Å². The molecule has 2 rings (SSSR count).